The van der Waals surface area contributed by atoms with E-state index in [9.17, 15) is 18.0 Å². The van der Waals surface area contributed by atoms with Gasteiger partial charge in [-0.05, 0) is 35.9 Å². The van der Waals surface area contributed by atoms with Crippen LogP contribution in [0.2, 0.25) is 0 Å². The highest BCUT2D eigenvalue weighted by molar-refractivity contribution is 7.89. The van der Waals surface area contributed by atoms with Crippen LogP contribution in [0.3, 0.4) is 0 Å². The number of benzene rings is 2. The van der Waals surface area contributed by atoms with E-state index in [4.69, 9.17) is 5.73 Å². The van der Waals surface area contributed by atoms with Crippen LogP contribution < -0.4 is 21.1 Å². The lowest BCUT2D eigenvalue weighted by atomic mass is 10.2. The molecule has 0 aliphatic rings. The first-order valence-electron chi connectivity index (χ1n) is 7.85. The summed E-state index contributed by atoms with van der Waals surface area (Å²) in [5, 5.41) is 5.16. The summed E-state index contributed by atoms with van der Waals surface area (Å²) in [6.07, 6.45) is 0. The molecule has 0 atom stereocenters. The summed E-state index contributed by atoms with van der Waals surface area (Å²) in [5.41, 5.74) is 6.64. The van der Waals surface area contributed by atoms with Gasteiger partial charge in [-0.2, -0.15) is 0 Å². The van der Waals surface area contributed by atoms with E-state index in [2.05, 4.69) is 15.4 Å². The molecule has 2 aromatic rings. The molecule has 2 aromatic carbocycles. The van der Waals surface area contributed by atoms with Crippen molar-refractivity contribution in [3.63, 3.8) is 0 Å². The largest absolute Gasteiger partial charge is 0.351 e. The van der Waals surface area contributed by atoms with Gasteiger partial charge in [0.15, 0.2) is 0 Å². The molecule has 0 bridgehead atoms. The van der Waals surface area contributed by atoms with Crippen LogP contribution in [0.25, 0.3) is 0 Å². The molecule has 3 amide bonds. The quantitative estimate of drug-likeness (QED) is 0.582. The molecule has 0 unspecified atom stereocenters. The van der Waals surface area contributed by atoms with E-state index in [-0.39, 0.29) is 23.5 Å². The second-order valence-corrected chi connectivity index (χ2v) is 7.16. The first-order valence-corrected chi connectivity index (χ1v) is 9.33. The molecule has 0 heterocycles. The summed E-state index contributed by atoms with van der Waals surface area (Å²) >= 11 is 0. The highest BCUT2D eigenvalue weighted by Crippen LogP contribution is 2.12. The van der Waals surface area contributed by atoms with Crippen molar-refractivity contribution in [2.75, 3.05) is 11.9 Å². The maximum Gasteiger partial charge on any atom is 0.316 e. The van der Waals surface area contributed by atoms with E-state index in [0.717, 1.165) is 5.56 Å². The van der Waals surface area contributed by atoms with Gasteiger partial charge in [0.1, 0.15) is 0 Å². The Morgan fingerprint density at radius 3 is 2.38 bits per heavy atom. The van der Waals surface area contributed by atoms with Gasteiger partial charge in [0.2, 0.25) is 10.0 Å². The summed E-state index contributed by atoms with van der Waals surface area (Å²) in [6, 6.07) is 12.0. The molecule has 0 spiro atoms. The minimum Gasteiger partial charge on any atom is -0.351 e. The highest BCUT2D eigenvalue weighted by atomic mass is 32.2. The van der Waals surface area contributed by atoms with Crippen molar-refractivity contribution in [1.29, 1.82) is 0 Å². The molecular formula is C17H20N4O4S. The van der Waals surface area contributed by atoms with Crippen LogP contribution in [0, 0.1) is 0 Å². The Hall–Kier alpha value is -2.91. The zero-order chi connectivity index (χ0) is 19.2. The molecule has 9 heteroatoms. The third kappa shape index (κ3) is 5.30. The van der Waals surface area contributed by atoms with Gasteiger partial charge in [-0.1, -0.05) is 25.1 Å². The number of amides is 3. The van der Waals surface area contributed by atoms with E-state index in [1.165, 1.54) is 18.2 Å². The average molecular weight is 376 g/mol. The summed E-state index contributed by atoms with van der Waals surface area (Å²) < 4.78 is 26.4. The van der Waals surface area contributed by atoms with Gasteiger partial charge >= 0.3 is 6.03 Å². The first-order chi connectivity index (χ1) is 12.3. The predicted molar refractivity (Wildman–Crippen MR) is 98.1 cm³/mol. The number of urea groups is 1. The SMILES string of the molecule is CCNS(=O)(=O)c1cccc(C(=O)NCc2ccc(NC(N)=O)cc2)c1. The van der Waals surface area contributed by atoms with Crippen LogP contribution in [0.15, 0.2) is 53.4 Å². The second kappa shape index (κ2) is 8.45. The van der Waals surface area contributed by atoms with E-state index in [1.807, 2.05) is 0 Å². The number of carbonyl (C=O) groups is 2. The number of hydrogen-bond donors (Lipinski definition) is 4. The molecule has 0 radical (unpaired) electrons. The zero-order valence-corrected chi connectivity index (χ0v) is 15.0. The monoisotopic (exact) mass is 376 g/mol. The summed E-state index contributed by atoms with van der Waals surface area (Å²) in [5.74, 6) is -0.391. The molecular weight excluding hydrogens is 356 g/mol. The van der Waals surface area contributed by atoms with E-state index >= 15 is 0 Å². The molecule has 0 fully saturated rings. The van der Waals surface area contributed by atoms with Crippen molar-refractivity contribution in [2.45, 2.75) is 18.4 Å². The van der Waals surface area contributed by atoms with Gasteiger partial charge in [-0.3, -0.25) is 4.79 Å². The van der Waals surface area contributed by atoms with Gasteiger partial charge in [0.25, 0.3) is 5.91 Å². The highest BCUT2D eigenvalue weighted by Gasteiger charge is 2.15. The van der Waals surface area contributed by atoms with Gasteiger partial charge in [0, 0.05) is 24.3 Å². The molecule has 0 aliphatic carbocycles. The molecule has 8 nitrogen and oxygen atoms in total. The molecule has 26 heavy (non-hydrogen) atoms. The lowest BCUT2D eigenvalue weighted by Crippen LogP contribution is -2.25. The predicted octanol–water partition coefficient (Wildman–Crippen LogP) is 1.41. The Morgan fingerprint density at radius 1 is 1.08 bits per heavy atom. The Morgan fingerprint density at radius 2 is 1.77 bits per heavy atom. The van der Waals surface area contributed by atoms with Crippen molar-refractivity contribution in [3.8, 4) is 0 Å². The van der Waals surface area contributed by atoms with Crippen molar-refractivity contribution in [1.82, 2.24) is 10.0 Å². The minimum atomic E-state index is -3.62. The van der Waals surface area contributed by atoms with Crippen LogP contribution in [0.5, 0.6) is 0 Å². The second-order valence-electron chi connectivity index (χ2n) is 5.40. The van der Waals surface area contributed by atoms with E-state index in [1.54, 1.807) is 37.3 Å². The maximum absolute atomic E-state index is 12.3. The number of rotatable bonds is 7. The standard InChI is InChI=1S/C17H20N4O4S/c1-2-20-26(24,25)15-5-3-4-13(10-15)16(22)19-11-12-6-8-14(9-7-12)21-17(18)23/h3-10,20H,2,11H2,1H3,(H,19,22)(H3,18,21,23). The van der Waals surface area contributed by atoms with Gasteiger partial charge in [-0.15, -0.1) is 0 Å². The number of nitrogens with one attached hydrogen (secondary N) is 3. The molecule has 5 N–H and O–H groups in total. The molecule has 0 saturated carbocycles. The smallest absolute Gasteiger partial charge is 0.316 e. The fraction of sp³-hybridized carbons (Fsp3) is 0.176. The van der Waals surface area contributed by atoms with Gasteiger partial charge < -0.3 is 16.4 Å². The van der Waals surface area contributed by atoms with E-state index < -0.39 is 22.0 Å². The van der Waals surface area contributed by atoms with Crippen molar-refractivity contribution in [3.05, 3.63) is 59.7 Å². The summed E-state index contributed by atoms with van der Waals surface area (Å²) in [4.78, 5) is 23.1. The normalized spacial score (nSPS) is 11.0. The fourth-order valence-corrected chi connectivity index (χ4v) is 3.30. The number of hydrogen-bond acceptors (Lipinski definition) is 4. The lowest BCUT2D eigenvalue weighted by molar-refractivity contribution is 0.0950. The Balaban J connectivity index is 2.03. The fourth-order valence-electron chi connectivity index (χ4n) is 2.21. The number of sulfonamides is 1. The molecule has 0 aliphatic heterocycles. The Bertz CT molecular complexity index is 895. The number of anilines is 1. The molecule has 138 valence electrons. The van der Waals surface area contributed by atoms with Crippen LogP contribution in [-0.2, 0) is 16.6 Å². The van der Waals surface area contributed by atoms with Crippen molar-refractivity contribution < 1.29 is 18.0 Å². The molecule has 2 rings (SSSR count). The number of primary amides is 1. The van der Waals surface area contributed by atoms with E-state index in [0.29, 0.717) is 5.69 Å². The van der Waals surface area contributed by atoms with Gasteiger partial charge in [-0.25, -0.2) is 17.9 Å². The third-order valence-electron chi connectivity index (χ3n) is 3.42. The van der Waals surface area contributed by atoms with Crippen LogP contribution in [0.1, 0.15) is 22.8 Å². The van der Waals surface area contributed by atoms with Gasteiger partial charge in [0.05, 0.1) is 4.90 Å². The number of nitrogens with two attached hydrogens (primary N) is 1. The molecule has 0 aromatic heterocycles. The van der Waals surface area contributed by atoms with Crippen LogP contribution >= 0.6 is 0 Å². The van der Waals surface area contributed by atoms with Crippen LogP contribution in [0.4, 0.5) is 10.5 Å². The molecule has 0 saturated heterocycles. The summed E-state index contributed by atoms with van der Waals surface area (Å²) in [6.45, 7) is 2.19. The minimum absolute atomic E-state index is 0.0360. The van der Waals surface area contributed by atoms with Crippen molar-refractivity contribution >= 4 is 27.6 Å². The maximum atomic E-state index is 12.3. The zero-order valence-electron chi connectivity index (χ0n) is 14.2. The third-order valence-corrected chi connectivity index (χ3v) is 4.96. The lowest BCUT2D eigenvalue weighted by Gasteiger charge is -2.09. The average Bonchev–Trinajstić information content (AvgIpc) is 2.60. The summed E-state index contributed by atoms with van der Waals surface area (Å²) in [7, 11) is -3.62. The Kier molecular flexibility index (Phi) is 6.31. The first kappa shape index (κ1) is 19.4. The van der Waals surface area contributed by atoms with Crippen molar-refractivity contribution in [2.24, 2.45) is 5.73 Å². The topological polar surface area (TPSA) is 130 Å². The number of carbonyl (C=O) groups excluding carboxylic acids is 2. The Labute approximate surface area is 151 Å². The van der Waals surface area contributed by atoms with Crippen LogP contribution in [-0.4, -0.2) is 26.9 Å².